The van der Waals surface area contributed by atoms with E-state index in [1.807, 2.05) is 15.8 Å². The Labute approximate surface area is 150 Å². The normalized spacial score (nSPS) is 29.2. The number of rotatable bonds is 3. The van der Waals surface area contributed by atoms with Gasteiger partial charge in [-0.05, 0) is 18.8 Å². The van der Waals surface area contributed by atoms with Gasteiger partial charge in [0.25, 0.3) is 5.91 Å². The largest absolute Gasteiger partial charge is 0.379 e. The minimum Gasteiger partial charge on any atom is -0.379 e. The third-order valence-corrected chi connectivity index (χ3v) is 6.17. The highest BCUT2D eigenvalue weighted by Crippen LogP contribution is 2.28. The molecule has 3 aliphatic rings. The van der Waals surface area contributed by atoms with Crippen LogP contribution < -0.4 is 0 Å². The number of aromatic nitrogens is 2. The van der Waals surface area contributed by atoms with Crippen molar-refractivity contribution in [2.24, 2.45) is 5.92 Å². The summed E-state index contributed by atoms with van der Waals surface area (Å²) in [7, 11) is 0. The molecule has 3 fully saturated rings. The number of nitrogens with zero attached hydrogens (tertiary/aromatic N) is 4. The molecule has 0 N–H and O–H groups in total. The monoisotopic (exact) mass is 346 g/mol. The van der Waals surface area contributed by atoms with Gasteiger partial charge in [-0.3, -0.25) is 14.4 Å². The molecule has 0 unspecified atom stereocenters. The molecule has 25 heavy (non-hydrogen) atoms. The third-order valence-electron chi connectivity index (χ3n) is 6.17. The van der Waals surface area contributed by atoms with Crippen molar-refractivity contribution in [3.05, 3.63) is 18.0 Å². The molecule has 0 radical (unpaired) electrons. The minimum absolute atomic E-state index is 0.143. The van der Waals surface area contributed by atoms with Crippen LogP contribution in [0.1, 0.15) is 55.4 Å². The molecule has 3 heterocycles. The summed E-state index contributed by atoms with van der Waals surface area (Å²) >= 11 is 0. The van der Waals surface area contributed by atoms with Gasteiger partial charge in [-0.15, -0.1) is 0 Å². The lowest BCUT2D eigenvalue weighted by atomic mass is 9.96. The molecule has 4 rings (SSSR count). The van der Waals surface area contributed by atoms with Crippen LogP contribution >= 0.6 is 0 Å². The second kappa shape index (κ2) is 7.46. The lowest BCUT2D eigenvalue weighted by Crippen LogP contribution is -2.47. The fourth-order valence-corrected chi connectivity index (χ4v) is 4.68. The highest BCUT2D eigenvalue weighted by atomic mass is 16.5. The smallest absolute Gasteiger partial charge is 0.257 e. The number of hydrogen-bond donors (Lipinski definition) is 0. The molecule has 0 bridgehead atoms. The molecule has 0 aromatic carbocycles. The van der Waals surface area contributed by atoms with Crippen molar-refractivity contribution < 1.29 is 9.53 Å². The molecule has 6 heteroatoms. The molecule has 1 aromatic rings. The molecular formula is C19H30N4O2. The maximum atomic E-state index is 12.9. The number of ether oxygens (including phenoxy) is 1. The quantitative estimate of drug-likeness (QED) is 0.842. The van der Waals surface area contributed by atoms with E-state index in [1.165, 1.54) is 32.1 Å². The SMILES string of the molecule is C[C@@H]1CN(C(=O)c2cnn(C3CCCCC3)c2)C[C@H]1N1CCOCC1. The van der Waals surface area contributed by atoms with Crippen molar-refractivity contribution in [3.63, 3.8) is 0 Å². The third kappa shape index (κ3) is 3.60. The van der Waals surface area contributed by atoms with E-state index >= 15 is 0 Å². The average Bonchev–Trinajstić information content (AvgIpc) is 3.30. The number of amides is 1. The standard InChI is InChI=1S/C19H30N4O2/c1-15-12-22(14-18(15)21-7-9-25-10-8-21)19(24)16-11-20-23(13-16)17-5-3-2-4-6-17/h11,13,15,17-18H,2-10,12,14H2,1H3/t15-,18-/m1/s1. The van der Waals surface area contributed by atoms with E-state index in [2.05, 4.69) is 16.9 Å². The fraction of sp³-hybridized carbons (Fsp3) is 0.789. The number of carbonyl (C=O) groups excluding carboxylic acids is 1. The van der Waals surface area contributed by atoms with Crippen LogP contribution in [0.25, 0.3) is 0 Å². The van der Waals surface area contributed by atoms with E-state index in [9.17, 15) is 4.79 Å². The number of hydrogen-bond acceptors (Lipinski definition) is 4. The van der Waals surface area contributed by atoms with Crippen LogP contribution in [-0.4, -0.2) is 70.9 Å². The van der Waals surface area contributed by atoms with Crippen molar-refractivity contribution in [1.82, 2.24) is 19.6 Å². The summed E-state index contributed by atoms with van der Waals surface area (Å²) in [4.78, 5) is 17.5. The zero-order valence-electron chi connectivity index (χ0n) is 15.3. The predicted molar refractivity (Wildman–Crippen MR) is 95.6 cm³/mol. The van der Waals surface area contributed by atoms with Crippen LogP contribution in [0.4, 0.5) is 0 Å². The summed E-state index contributed by atoms with van der Waals surface area (Å²) < 4.78 is 7.50. The summed E-state index contributed by atoms with van der Waals surface area (Å²) in [5, 5.41) is 4.50. The Balaban J connectivity index is 1.40. The molecule has 2 atom stereocenters. The Morgan fingerprint density at radius 3 is 2.68 bits per heavy atom. The van der Waals surface area contributed by atoms with E-state index in [4.69, 9.17) is 4.74 Å². The average molecular weight is 346 g/mol. The van der Waals surface area contributed by atoms with Crippen molar-refractivity contribution in [2.75, 3.05) is 39.4 Å². The summed E-state index contributed by atoms with van der Waals surface area (Å²) in [6.07, 6.45) is 10.0. The molecule has 1 amide bonds. The lowest BCUT2D eigenvalue weighted by molar-refractivity contribution is 0.0119. The van der Waals surface area contributed by atoms with Crippen molar-refractivity contribution in [1.29, 1.82) is 0 Å². The molecule has 2 saturated heterocycles. The van der Waals surface area contributed by atoms with Gasteiger partial charge in [-0.2, -0.15) is 5.10 Å². The van der Waals surface area contributed by atoms with E-state index in [0.717, 1.165) is 45.0 Å². The Hall–Kier alpha value is -1.40. The molecule has 1 saturated carbocycles. The predicted octanol–water partition coefficient (Wildman–Crippen LogP) is 2.18. The summed E-state index contributed by atoms with van der Waals surface area (Å²) in [6.45, 7) is 7.52. The molecular weight excluding hydrogens is 316 g/mol. The van der Waals surface area contributed by atoms with Gasteiger partial charge in [-0.1, -0.05) is 26.2 Å². The van der Waals surface area contributed by atoms with Gasteiger partial charge in [0.15, 0.2) is 0 Å². The Kier molecular flexibility index (Phi) is 5.08. The first-order chi connectivity index (χ1) is 12.2. The Bertz CT molecular complexity index is 590. The summed E-state index contributed by atoms with van der Waals surface area (Å²) in [5.74, 6) is 0.653. The van der Waals surface area contributed by atoms with Gasteiger partial charge in [0.1, 0.15) is 0 Å². The van der Waals surface area contributed by atoms with Gasteiger partial charge in [0.05, 0.1) is 31.0 Å². The van der Waals surface area contributed by atoms with Gasteiger partial charge >= 0.3 is 0 Å². The van der Waals surface area contributed by atoms with Gasteiger partial charge in [0.2, 0.25) is 0 Å². The molecule has 138 valence electrons. The van der Waals surface area contributed by atoms with E-state index in [-0.39, 0.29) is 5.91 Å². The summed E-state index contributed by atoms with van der Waals surface area (Å²) in [5.41, 5.74) is 0.750. The topological polar surface area (TPSA) is 50.6 Å². The van der Waals surface area contributed by atoms with Gasteiger partial charge in [-0.25, -0.2) is 0 Å². The fourth-order valence-electron chi connectivity index (χ4n) is 4.68. The second-order valence-electron chi connectivity index (χ2n) is 7.90. The summed E-state index contributed by atoms with van der Waals surface area (Å²) in [6, 6.07) is 0.940. The zero-order chi connectivity index (χ0) is 17.2. The maximum Gasteiger partial charge on any atom is 0.257 e. The van der Waals surface area contributed by atoms with Crippen LogP contribution in [0.15, 0.2) is 12.4 Å². The lowest BCUT2D eigenvalue weighted by Gasteiger charge is -2.33. The zero-order valence-corrected chi connectivity index (χ0v) is 15.3. The molecule has 2 aliphatic heterocycles. The highest BCUT2D eigenvalue weighted by Gasteiger charge is 2.37. The Morgan fingerprint density at radius 1 is 1.16 bits per heavy atom. The number of likely N-dealkylation sites (tertiary alicyclic amines) is 1. The van der Waals surface area contributed by atoms with E-state index in [1.54, 1.807) is 6.20 Å². The van der Waals surface area contributed by atoms with Crippen LogP contribution in [0.2, 0.25) is 0 Å². The van der Waals surface area contributed by atoms with Crippen molar-refractivity contribution >= 4 is 5.91 Å². The molecule has 0 spiro atoms. The van der Waals surface area contributed by atoms with Gasteiger partial charge < -0.3 is 9.64 Å². The molecule has 1 aliphatic carbocycles. The molecule has 1 aromatic heterocycles. The van der Waals surface area contributed by atoms with Gasteiger partial charge in [0, 0.05) is 38.4 Å². The van der Waals surface area contributed by atoms with Crippen LogP contribution in [0.5, 0.6) is 0 Å². The Morgan fingerprint density at radius 2 is 1.92 bits per heavy atom. The molecule has 6 nitrogen and oxygen atoms in total. The first kappa shape index (κ1) is 17.0. The van der Waals surface area contributed by atoms with Crippen molar-refractivity contribution in [3.8, 4) is 0 Å². The van der Waals surface area contributed by atoms with Crippen LogP contribution in [0, 0.1) is 5.92 Å². The van der Waals surface area contributed by atoms with Crippen LogP contribution in [-0.2, 0) is 4.74 Å². The minimum atomic E-state index is 0.143. The highest BCUT2D eigenvalue weighted by molar-refractivity contribution is 5.94. The van der Waals surface area contributed by atoms with Crippen LogP contribution in [0.3, 0.4) is 0 Å². The first-order valence-corrected chi connectivity index (χ1v) is 9.87. The number of morpholine rings is 1. The number of carbonyl (C=O) groups is 1. The van der Waals surface area contributed by atoms with Crippen molar-refractivity contribution in [2.45, 2.75) is 51.1 Å². The van der Waals surface area contributed by atoms with E-state index < -0.39 is 0 Å². The first-order valence-electron chi connectivity index (χ1n) is 9.87. The maximum absolute atomic E-state index is 12.9. The van der Waals surface area contributed by atoms with E-state index in [0.29, 0.717) is 18.0 Å². The second-order valence-corrected chi connectivity index (χ2v) is 7.90.